The van der Waals surface area contributed by atoms with Crippen LogP contribution in [0.15, 0.2) is 48.5 Å². The lowest BCUT2D eigenvalue weighted by Crippen LogP contribution is -2.15. The molecule has 0 aliphatic heterocycles. The van der Waals surface area contributed by atoms with Crippen LogP contribution in [0.25, 0.3) is 11.1 Å². The third-order valence-electron chi connectivity index (χ3n) is 5.31. The summed E-state index contributed by atoms with van der Waals surface area (Å²) in [6.07, 6.45) is 7.14. The van der Waals surface area contributed by atoms with E-state index in [1.807, 2.05) is 0 Å². The van der Waals surface area contributed by atoms with Crippen LogP contribution in [0.3, 0.4) is 0 Å². The minimum absolute atomic E-state index is 0.361. The normalized spacial score (nSPS) is 21.3. The molecule has 1 aliphatic rings. The molecular formula is C22H28O. The Hall–Kier alpha value is -1.60. The van der Waals surface area contributed by atoms with E-state index < -0.39 is 0 Å². The van der Waals surface area contributed by atoms with Crippen molar-refractivity contribution in [1.82, 2.24) is 0 Å². The molecule has 2 aromatic rings. The minimum atomic E-state index is 0.361. The average molecular weight is 308 g/mol. The molecule has 0 radical (unpaired) electrons. The Morgan fingerprint density at radius 1 is 0.826 bits per heavy atom. The van der Waals surface area contributed by atoms with E-state index in [9.17, 15) is 5.11 Å². The van der Waals surface area contributed by atoms with Crippen molar-refractivity contribution in [3.05, 3.63) is 59.7 Å². The number of hydrogen-bond donors (Lipinski definition) is 1. The fourth-order valence-corrected chi connectivity index (χ4v) is 3.78. The van der Waals surface area contributed by atoms with Crippen molar-refractivity contribution in [2.75, 3.05) is 6.61 Å². The van der Waals surface area contributed by atoms with Crippen molar-refractivity contribution in [1.29, 1.82) is 0 Å². The molecule has 122 valence electrons. The highest BCUT2D eigenvalue weighted by Crippen LogP contribution is 2.36. The molecule has 3 rings (SSSR count). The molecule has 1 fully saturated rings. The van der Waals surface area contributed by atoms with Gasteiger partial charge in [-0.3, -0.25) is 0 Å². The van der Waals surface area contributed by atoms with Crippen molar-refractivity contribution in [3.8, 4) is 11.1 Å². The van der Waals surface area contributed by atoms with E-state index in [0.29, 0.717) is 18.4 Å². The molecule has 0 atom stereocenters. The van der Waals surface area contributed by atoms with Gasteiger partial charge >= 0.3 is 0 Å². The van der Waals surface area contributed by atoms with Crippen LogP contribution in [0.1, 0.15) is 56.1 Å². The second-order valence-electron chi connectivity index (χ2n) is 6.97. The number of hydrogen-bond acceptors (Lipinski definition) is 1. The lowest BCUT2D eigenvalue weighted by atomic mass is 9.79. The summed E-state index contributed by atoms with van der Waals surface area (Å²) < 4.78 is 0. The standard InChI is InChI=1S/C22H28O/c1-2-3-17-4-8-19(9-5-17)21-12-14-22(15-13-21)20-10-6-18(16-23)7-11-20/h4-5,8-9,12-15,18,20,23H,2-3,6-7,10-11,16H2,1H3. The van der Waals surface area contributed by atoms with Crippen molar-refractivity contribution in [3.63, 3.8) is 0 Å². The van der Waals surface area contributed by atoms with E-state index in [-0.39, 0.29) is 0 Å². The van der Waals surface area contributed by atoms with Gasteiger partial charge in [-0.25, -0.2) is 0 Å². The zero-order valence-electron chi connectivity index (χ0n) is 14.2. The molecule has 0 bridgehead atoms. The zero-order chi connectivity index (χ0) is 16.1. The van der Waals surface area contributed by atoms with Crippen molar-refractivity contribution >= 4 is 0 Å². The number of aliphatic hydroxyl groups excluding tert-OH is 1. The van der Waals surface area contributed by atoms with Crippen molar-refractivity contribution < 1.29 is 5.11 Å². The van der Waals surface area contributed by atoms with Gasteiger partial charge in [-0.05, 0) is 66.2 Å². The third kappa shape index (κ3) is 4.03. The van der Waals surface area contributed by atoms with Gasteiger partial charge in [-0.1, -0.05) is 61.9 Å². The summed E-state index contributed by atoms with van der Waals surface area (Å²) in [6, 6.07) is 18.1. The summed E-state index contributed by atoms with van der Waals surface area (Å²) in [7, 11) is 0. The first-order chi connectivity index (χ1) is 11.3. The van der Waals surface area contributed by atoms with Gasteiger partial charge < -0.3 is 5.11 Å². The summed E-state index contributed by atoms with van der Waals surface area (Å²) in [4.78, 5) is 0. The average Bonchev–Trinajstić information content (AvgIpc) is 2.63. The van der Waals surface area contributed by atoms with Gasteiger partial charge in [0.05, 0.1) is 0 Å². The van der Waals surface area contributed by atoms with Crippen LogP contribution in [0.5, 0.6) is 0 Å². The number of aliphatic hydroxyl groups is 1. The van der Waals surface area contributed by atoms with Crippen molar-refractivity contribution in [2.24, 2.45) is 5.92 Å². The molecule has 0 aromatic heterocycles. The van der Waals surface area contributed by atoms with E-state index in [0.717, 1.165) is 6.42 Å². The largest absolute Gasteiger partial charge is 0.396 e. The van der Waals surface area contributed by atoms with Crippen LogP contribution >= 0.6 is 0 Å². The number of rotatable bonds is 5. The maximum Gasteiger partial charge on any atom is 0.0459 e. The lowest BCUT2D eigenvalue weighted by Gasteiger charge is -2.27. The second kappa shape index (κ2) is 7.79. The van der Waals surface area contributed by atoms with Gasteiger partial charge in [0.1, 0.15) is 0 Å². The molecule has 0 spiro atoms. The number of benzene rings is 2. The van der Waals surface area contributed by atoms with E-state index in [4.69, 9.17) is 0 Å². The SMILES string of the molecule is CCCc1ccc(-c2ccc(C3CCC(CO)CC3)cc2)cc1. The van der Waals surface area contributed by atoms with Crippen LogP contribution in [-0.4, -0.2) is 11.7 Å². The Bertz CT molecular complexity index is 589. The van der Waals surface area contributed by atoms with Gasteiger partial charge in [0.25, 0.3) is 0 Å². The summed E-state index contributed by atoms with van der Waals surface area (Å²) in [5.74, 6) is 1.21. The first kappa shape index (κ1) is 16.3. The summed E-state index contributed by atoms with van der Waals surface area (Å²) >= 11 is 0. The monoisotopic (exact) mass is 308 g/mol. The third-order valence-corrected chi connectivity index (χ3v) is 5.31. The predicted molar refractivity (Wildman–Crippen MR) is 97.7 cm³/mol. The van der Waals surface area contributed by atoms with Crippen molar-refractivity contribution in [2.45, 2.75) is 51.4 Å². The second-order valence-corrected chi connectivity index (χ2v) is 6.97. The highest BCUT2D eigenvalue weighted by Gasteiger charge is 2.21. The van der Waals surface area contributed by atoms with Gasteiger partial charge in [0.15, 0.2) is 0 Å². The Morgan fingerprint density at radius 2 is 1.39 bits per heavy atom. The highest BCUT2D eigenvalue weighted by atomic mass is 16.3. The van der Waals surface area contributed by atoms with E-state index in [1.54, 1.807) is 0 Å². The first-order valence-corrected chi connectivity index (χ1v) is 9.10. The van der Waals surface area contributed by atoms with Gasteiger partial charge in [-0.15, -0.1) is 0 Å². The maximum atomic E-state index is 9.26. The molecule has 0 heterocycles. The maximum absolute atomic E-state index is 9.26. The minimum Gasteiger partial charge on any atom is -0.396 e. The Labute approximate surface area is 140 Å². The number of aryl methyl sites for hydroxylation is 1. The fraction of sp³-hybridized carbons (Fsp3) is 0.455. The van der Waals surface area contributed by atoms with Gasteiger partial charge in [0.2, 0.25) is 0 Å². The smallest absolute Gasteiger partial charge is 0.0459 e. The first-order valence-electron chi connectivity index (χ1n) is 9.10. The molecule has 1 aliphatic carbocycles. The van der Waals surface area contributed by atoms with Crippen LogP contribution in [-0.2, 0) is 6.42 Å². The topological polar surface area (TPSA) is 20.2 Å². The Balaban J connectivity index is 1.67. The van der Waals surface area contributed by atoms with Crippen LogP contribution < -0.4 is 0 Å². The highest BCUT2D eigenvalue weighted by molar-refractivity contribution is 5.64. The van der Waals surface area contributed by atoms with E-state index in [1.165, 1.54) is 54.4 Å². The van der Waals surface area contributed by atoms with Crippen LogP contribution in [0.4, 0.5) is 0 Å². The van der Waals surface area contributed by atoms with Crippen LogP contribution in [0.2, 0.25) is 0 Å². The molecule has 0 saturated heterocycles. The van der Waals surface area contributed by atoms with E-state index >= 15 is 0 Å². The molecule has 1 saturated carbocycles. The molecule has 0 unspecified atom stereocenters. The molecule has 2 aromatic carbocycles. The molecule has 0 amide bonds. The molecule has 1 nitrogen and oxygen atoms in total. The van der Waals surface area contributed by atoms with E-state index in [2.05, 4.69) is 55.5 Å². The zero-order valence-corrected chi connectivity index (χ0v) is 14.2. The molecule has 23 heavy (non-hydrogen) atoms. The molecule has 1 N–H and O–H groups in total. The van der Waals surface area contributed by atoms with Gasteiger partial charge in [-0.2, -0.15) is 0 Å². The molecular weight excluding hydrogens is 280 g/mol. The van der Waals surface area contributed by atoms with Crippen LogP contribution in [0, 0.1) is 5.92 Å². The summed E-state index contributed by atoms with van der Waals surface area (Å²) in [5, 5.41) is 9.26. The van der Waals surface area contributed by atoms with Gasteiger partial charge in [0, 0.05) is 6.61 Å². The quantitative estimate of drug-likeness (QED) is 0.765. The summed E-state index contributed by atoms with van der Waals surface area (Å²) in [6.45, 7) is 2.58. The predicted octanol–water partition coefficient (Wildman–Crippen LogP) is 5.57. The Kier molecular flexibility index (Phi) is 5.51. The lowest BCUT2D eigenvalue weighted by molar-refractivity contribution is 0.182. The fourth-order valence-electron chi connectivity index (χ4n) is 3.78. The molecule has 1 heteroatoms. The summed E-state index contributed by atoms with van der Waals surface area (Å²) in [5.41, 5.74) is 5.50. The Morgan fingerprint density at radius 3 is 1.91 bits per heavy atom.